The molecule has 1 heterocycles. The summed E-state index contributed by atoms with van der Waals surface area (Å²) in [5.74, 6) is 2.17. The zero-order valence-electron chi connectivity index (χ0n) is 16.6. The van der Waals surface area contributed by atoms with Crippen molar-refractivity contribution in [1.82, 2.24) is 0 Å². The van der Waals surface area contributed by atoms with Crippen LogP contribution in [0.2, 0.25) is 0 Å². The second-order valence-electron chi connectivity index (χ2n) is 8.02. The van der Waals surface area contributed by atoms with Crippen molar-refractivity contribution in [2.75, 3.05) is 7.11 Å². The Morgan fingerprint density at radius 2 is 1.71 bits per heavy atom. The van der Waals surface area contributed by atoms with Gasteiger partial charge in [-0.15, -0.1) is 0 Å². The Bertz CT molecular complexity index is 963. The largest absolute Gasteiger partial charge is 0.508 e. The van der Waals surface area contributed by atoms with E-state index in [4.69, 9.17) is 9.47 Å². The van der Waals surface area contributed by atoms with E-state index in [0.717, 1.165) is 29.0 Å². The summed E-state index contributed by atoms with van der Waals surface area (Å²) in [6.07, 6.45) is 0.847. The number of ether oxygens (including phenoxy) is 2. The third-order valence-corrected chi connectivity index (χ3v) is 5.55. The maximum absolute atomic E-state index is 10.7. The average molecular weight is 374 g/mol. The number of phenols is 1. The summed E-state index contributed by atoms with van der Waals surface area (Å²) in [7, 11) is 1.67. The molecule has 0 bridgehead atoms. The number of aromatic hydroxyl groups is 1. The lowest BCUT2D eigenvalue weighted by Crippen LogP contribution is -2.36. The van der Waals surface area contributed by atoms with E-state index in [1.807, 2.05) is 36.4 Å². The van der Waals surface area contributed by atoms with Crippen molar-refractivity contribution in [3.63, 3.8) is 0 Å². The molecule has 0 saturated carbocycles. The van der Waals surface area contributed by atoms with Crippen molar-refractivity contribution in [2.45, 2.75) is 37.7 Å². The highest BCUT2D eigenvalue weighted by molar-refractivity contribution is 5.50. The maximum atomic E-state index is 10.7. The third kappa shape index (κ3) is 3.45. The molecule has 2 unspecified atom stereocenters. The second-order valence-corrected chi connectivity index (χ2v) is 8.02. The fourth-order valence-corrected chi connectivity index (χ4v) is 4.35. The highest BCUT2D eigenvalue weighted by Gasteiger charge is 2.39. The molecular formula is C25H26O3. The molecule has 0 saturated heterocycles. The summed E-state index contributed by atoms with van der Waals surface area (Å²) >= 11 is 0. The normalized spacial score (nSPS) is 18.6. The van der Waals surface area contributed by atoms with Gasteiger partial charge in [0.1, 0.15) is 22.8 Å². The van der Waals surface area contributed by atoms with Crippen LogP contribution in [0.25, 0.3) is 0 Å². The molecule has 1 N–H and O–H groups in total. The number of para-hydroxylation sites is 1. The van der Waals surface area contributed by atoms with E-state index in [2.05, 4.69) is 44.2 Å². The molecule has 144 valence electrons. The van der Waals surface area contributed by atoms with Crippen LogP contribution in [0.1, 0.15) is 48.8 Å². The average Bonchev–Trinajstić information content (AvgIpc) is 2.69. The molecule has 3 heteroatoms. The van der Waals surface area contributed by atoms with Gasteiger partial charge in [0, 0.05) is 23.5 Å². The minimum absolute atomic E-state index is 0.0257. The summed E-state index contributed by atoms with van der Waals surface area (Å²) in [5.41, 5.74) is 2.96. The van der Waals surface area contributed by atoms with Crippen LogP contribution in [0, 0.1) is 0 Å². The Hall–Kier alpha value is -2.94. The molecule has 0 aliphatic carbocycles. The lowest BCUT2D eigenvalue weighted by molar-refractivity contribution is 0.0687. The first kappa shape index (κ1) is 18.4. The van der Waals surface area contributed by atoms with Gasteiger partial charge in [-0.05, 0) is 43.5 Å². The van der Waals surface area contributed by atoms with E-state index >= 15 is 0 Å². The van der Waals surface area contributed by atoms with Crippen molar-refractivity contribution < 1.29 is 14.6 Å². The fraction of sp³-hybridized carbons (Fsp3) is 0.280. The first-order chi connectivity index (χ1) is 13.5. The Kier molecular flexibility index (Phi) is 4.76. The molecule has 4 rings (SSSR count). The van der Waals surface area contributed by atoms with E-state index in [0.29, 0.717) is 5.75 Å². The number of phenolic OH excluding ortho intramolecular Hbond substituents is 1. The lowest BCUT2D eigenvalue weighted by Gasteiger charge is -2.41. The molecule has 1 aliphatic heterocycles. The predicted octanol–water partition coefficient (Wildman–Crippen LogP) is 5.88. The number of benzene rings is 3. The highest BCUT2D eigenvalue weighted by Crippen LogP contribution is 2.51. The van der Waals surface area contributed by atoms with Gasteiger partial charge in [0.15, 0.2) is 0 Å². The minimum Gasteiger partial charge on any atom is -0.508 e. The molecular weight excluding hydrogens is 348 g/mol. The summed E-state index contributed by atoms with van der Waals surface area (Å²) in [6.45, 7) is 4.24. The topological polar surface area (TPSA) is 38.7 Å². The molecule has 3 aromatic rings. The van der Waals surface area contributed by atoms with Crippen molar-refractivity contribution in [1.29, 1.82) is 0 Å². The van der Waals surface area contributed by atoms with E-state index in [1.54, 1.807) is 13.2 Å². The number of fused-ring (bicyclic) bond motifs is 1. The molecule has 3 aromatic carbocycles. The van der Waals surface area contributed by atoms with E-state index in [-0.39, 0.29) is 17.4 Å². The SMILES string of the molecule is COc1ccc2c(c1)OC(C)(C)CC2C(c1ccccc1)c1ccccc1O. The quantitative estimate of drug-likeness (QED) is 0.620. The standard InChI is InChI=1S/C25H26O3/c1-25(2)16-21(19-14-13-18(27-3)15-23(19)28-25)24(17-9-5-4-6-10-17)20-11-7-8-12-22(20)26/h4-15,21,24,26H,16H2,1-3H3. The highest BCUT2D eigenvalue weighted by atomic mass is 16.5. The van der Waals surface area contributed by atoms with Gasteiger partial charge in [-0.2, -0.15) is 0 Å². The summed E-state index contributed by atoms with van der Waals surface area (Å²) in [5, 5.41) is 10.7. The monoisotopic (exact) mass is 374 g/mol. The van der Waals surface area contributed by atoms with Crippen LogP contribution in [-0.4, -0.2) is 17.8 Å². The van der Waals surface area contributed by atoms with Crippen molar-refractivity contribution in [2.24, 2.45) is 0 Å². The molecule has 2 atom stereocenters. The summed E-state index contributed by atoms with van der Waals surface area (Å²) in [6, 6.07) is 24.1. The second kappa shape index (κ2) is 7.23. The van der Waals surface area contributed by atoms with Crippen LogP contribution in [0.3, 0.4) is 0 Å². The van der Waals surface area contributed by atoms with Gasteiger partial charge in [-0.25, -0.2) is 0 Å². The third-order valence-electron chi connectivity index (χ3n) is 5.55. The lowest BCUT2D eigenvalue weighted by atomic mass is 9.71. The Morgan fingerprint density at radius 1 is 1.00 bits per heavy atom. The van der Waals surface area contributed by atoms with Crippen molar-refractivity contribution in [3.8, 4) is 17.2 Å². The van der Waals surface area contributed by atoms with Gasteiger partial charge >= 0.3 is 0 Å². The number of rotatable bonds is 4. The maximum Gasteiger partial charge on any atom is 0.127 e. The Morgan fingerprint density at radius 3 is 2.43 bits per heavy atom. The summed E-state index contributed by atoms with van der Waals surface area (Å²) < 4.78 is 11.7. The van der Waals surface area contributed by atoms with E-state index in [9.17, 15) is 5.11 Å². The minimum atomic E-state index is -0.318. The van der Waals surface area contributed by atoms with Crippen molar-refractivity contribution >= 4 is 0 Å². The van der Waals surface area contributed by atoms with Gasteiger partial charge in [-0.3, -0.25) is 0 Å². The van der Waals surface area contributed by atoms with Gasteiger partial charge in [0.05, 0.1) is 7.11 Å². The summed E-state index contributed by atoms with van der Waals surface area (Å²) in [4.78, 5) is 0. The van der Waals surface area contributed by atoms with Crippen LogP contribution in [0.5, 0.6) is 17.2 Å². The predicted molar refractivity (Wildman–Crippen MR) is 111 cm³/mol. The molecule has 0 spiro atoms. The molecule has 1 aliphatic rings. The smallest absolute Gasteiger partial charge is 0.127 e. The Labute approximate surface area is 166 Å². The molecule has 28 heavy (non-hydrogen) atoms. The number of hydrogen-bond acceptors (Lipinski definition) is 3. The van der Waals surface area contributed by atoms with Crippen LogP contribution >= 0.6 is 0 Å². The van der Waals surface area contributed by atoms with Crippen molar-refractivity contribution in [3.05, 3.63) is 89.5 Å². The van der Waals surface area contributed by atoms with Gasteiger partial charge in [0.25, 0.3) is 0 Å². The number of hydrogen-bond donors (Lipinski definition) is 1. The van der Waals surface area contributed by atoms with Gasteiger partial charge in [-0.1, -0.05) is 54.6 Å². The van der Waals surface area contributed by atoms with Gasteiger partial charge < -0.3 is 14.6 Å². The van der Waals surface area contributed by atoms with E-state index < -0.39 is 0 Å². The Balaban J connectivity index is 1.91. The van der Waals surface area contributed by atoms with Crippen LogP contribution < -0.4 is 9.47 Å². The number of methoxy groups -OCH3 is 1. The molecule has 0 fully saturated rings. The fourth-order valence-electron chi connectivity index (χ4n) is 4.35. The molecule has 0 radical (unpaired) electrons. The molecule has 0 aromatic heterocycles. The van der Waals surface area contributed by atoms with Crippen LogP contribution in [-0.2, 0) is 0 Å². The zero-order valence-corrected chi connectivity index (χ0v) is 16.6. The zero-order chi connectivity index (χ0) is 19.7. The van der Waals surface area contributed by atoms with Crippen LogP contribution in [0.15, 0.2) is 72.8 Å². The van der Waals surface area contributed by atoms with Gasteiger partial charge in [0.2, 0.25) is 0 Å². The van der Waals surface area contributed by atoms with Crippen LogP contribution in [0.4, 0.5) is 0 Å². The van der Waals surface area contributed by atoms with E-state index in [1.165, 1.54) is 5.56 Å². The first-order valence-electron chi connectivity index (χ1n) is 9.68. The molecule has 0 amide bonds. The first-order valence-corrected chi connectivity index (χ1v) is 9.68. The molecule has 3 nitrogen and oxygen atoms in total.